The first-order chi connectivity index (χ1) is 12.6. The van der Waals surface area contributed by atoms with E-state index in [2.05, 4.69) is 12.3 Å². The summed E-state index contributed by atoms with van der Waals surface area (Å²) < 4.78 is 42.5. The predicted molar refractivity (Wildman–Crippen MR) is 100.0 cm³/mol. The summed E-state index contributed by atoms with van der Waals surface area (Å²) in [7, 11) is 0. The number of hydrogen-bond acceptors (Lipinski definition) is 2. The molecule has 146 valence electrons. The topological polar surface area (TPSA) is 32.3 Å². The summed E-state index contributed by atoms with van der Waals surface area (Å²) in [5.74, 6) is -0.386. The Hall–Kier alpha value is -2.08. The quantitative estimate of drug-likeness (QED) is 0.780. The van der Waals surface area contributed by atoms with E-state index in [0.29, 0.717) is 5.39 Å². The Balaban J connectivity index is 2.16. The van der Waals surface area contributed by atoms with Crippen molar-refractivity contribution in [1.82, 2.24) is 10.4 Å². The van der Waals surface area contributed by atoms with Crippen molar-refractivity contribution in [3.05, 3.63) is 47.5 Å². The van der Waals surface area contributed by atoms with Gasteiger partial charge < -0.3 is 0 Å². The molecule has 1 N–H and O–H groups in total. The summed E-state index contributed by atoms with van der Waals surface area (Å²) >= 11 is 0. The van der Waals surface area contributed by atoms with E-state index in [-0.39, 0.29) is 18.0 Å². The van der Waals surface area contributed by atoms with Crippen LogP contribution in [0, 0.1) is 5.41 Å². The molecule has 6 heteroatoms. The maximum atomic E-state index is 14.2. The number of nitrogens with one attached hydrogen (secondary N) is 1. The minimum atomic E-state index is -4.51. The molecule has 1 saturated heterocycles. The third-order valence-corrected chi connectivity index (χ3v) is 5.16. The second-order valence-corrected chi connectivity index (χ2v) is 7.86. The van der Waals surface area contributed by atoms with Crippen LogP contribution >= 0.6 is 0 Å². The van der Waals surface area contributed by atoms with Crippen LogP contribution in [0.15, 0.2) is 36.4 Å². The third-order valence-electron chi connectivity index (χ3n) is 5.16. The number of hydrazine groups is 1. The van der Waals surface area contributed by atoms with Crippen molar-refractivity contribution < 1.29 is 18.0 Å². The van der Waals surface area contributed by atoms with Crippen molar-refractivity contribution in [2.75, 3.05) is 6.54 Å². The molecule has 0 radical (unpaired) electrons. The van der Waals surface area contributed by atoms with Crippen LogP contribution in [0.5, 0.6) is 0 Å². The van der Waals surface area contributed by atoms with E-state index in [4.69, 9.17) is 0 Å². The molecule has 0 aliphatic carbocycles. The van der Waals surface area contributed by atoms with E-state index in [9.17, 15) is 18.0 Å². The number of benzene rings is 2. The first-order valence-corrected chi connectivity index (χ1v) is 9.30. The molecule has 1 fully saturated rings. The summed E-state index contributed by atoms with van der Waals surface area (Å²) in [6, 6.07) is 8.79. The van der Waals surface area contributed by atoms with Crippen LogP contribution in [0.1, 0.15) is 50.8 Å². The van der Waals surface area contributed by atoms with E-state index in [1.54, 1.807) is 19.9 Å². The minimum absolute atomic E-state index is 0.00350. The lowest BCUT2D eigenvalue weighted by molar-refractivity contribution is -0.191. The number of nitrogens with zero attached hydrogens (tertiary/aromatic N) is 1. The van der Waals surface area contributed by atoms with Crippen molar-refractivity contribution in [3.63, 3.8) is 0 Å². The number of rotatable bonds is 5. The summed E-state index contributed by atoms with van der Waals surface area (Å²) in [6.07, 6.45) is -1.90. The van der Waals surface area contributed by atoms with Gasteiger partial charge in [-0.05, 0) is 48.6 Å². The molecule has 0 saturated carbocycles. The van der Waals surface area contributed by atoms with Crippen LogP contribution < -0.4 is 5.43 Å². The van der Waals surface area contributed by atoms with Crippen LogP contribution in [0.2, 0.25) is 0 Å². The first kappa shape index (κ1) is 19.7. The molecule has 3 rings (SSSR count). The number of carbonyl (C=O) groups excluding carboxylic acids is 1. The number of halogens is 3. The molecule has 0 bridgehead atoms. The molecule has 0 aromatic heterocycles. The summed E-state index contributed by atoms with van der Waals surface area (Å²) in [4.78, 5) is 12.1. The molecule has 0 unspecified atom stereocenters. The fraction of sp³-hybridized carbons (Fsp3) is 0.476. The normalized spacial score (nSPS) is 18.7. The Morgan fingerprint density at radius 2 is 1.85 bits per heavy atom. The SMILES string of the molecule is CCCCc1cccc2cccc([C@H](N3CC(C)(C)C(=O)N3)C(F)(F)F)c12. The lowest BCUT2D eigenvalue weighted by Gasteiger charge is -2.31. The van der Waals surface area contributed by atoms with E-state index in [1.807, 2.05) is 24.3 Å². The predicted octanol–water partition coefficient (Wildman–Crippen LogP) is 5.16. The Bertz CT molecular complexity index is 840. The van der Waals surface area contributed by atoms with Crippen LogP contribution in [0.25, 0.3) is 10.8 Å². The number of aryl methyl sites for hydroxylation is 1. The van der Waals surface area contributed by atoms with Gasteiger partial charge in [0.2, 0.25) is 5.91 Å². The zero-order valence-corrected chi connectivity index (χ0v) is 15.9. The van der Waals surface area contributed by atoms with Gasteiger partial charge in [-0.2, -0.15) is 13.2 Å². The van der Waals surface area contributed by atoms with Gasteiger partial charge in [0.05, 0.1) is 5.41 Å². The van der Waals surface area contributed by atoms with Crippen LogP contribution in [0.4, 0.5) is 13.2 Å². The number of fused-ring (bicyclic) bond motifs is 1. The largest absolute Gasteiger partial charge is 0.409 e. The van der Waals surface area contributed by atoms with Crippen molar-refractivity contribution in [3.8, 4) is 0 Å². The molecule has 1 heterocycles. The molecular weight excluding hydrogens is 353 g/mol. The fourth-order valence-corrected chi connectivity index (χ4v) is 3.75. The van der Waals surface area contributed by atoms with Gasteiger partial charge in [0.1, 0.15) is 0 Å². The van der Waals surface area contributed by atoms with Gasteiger partial charge in [-0.3, -0.25) is 10.2 Å². The maximum absolute atomic E-state index is 14.2. The van der Waals surface area contributed by atoms with E-state index < -0.39 is 17.6 Å². The Kier molecular flexibility index (Phi) is 5.21. The molecule has 3 nitrogen and oxygen atoms in total. The molecule has 1 atom stereocenters. The third kappa shape index (κ3) is 3.81. The number of amides is 1. The average Bonchev–Trinajstić information content (AvgIpc) is 2.84. The van der Waals surface area contributed by atoms with Gasteiger partial charge in [-0.1, -0.05) is 49.7 Å². The molecule has 27 heavy (non-hydrogen) atoms. The van der Waals surface area contributed by atoms with Gasteiger partial charge in [0.15, 0.2) is 6.04 Å². The lowest BCUT2D eigenvalue weighted by Crippen LogP contribution is -2.43. The van der Waals surface area contributed by atoms with Gasteiger partial charge in [0, 0.05) is 6.54 Å². The summed E-state index contributed by atoms with van der Waals surface area (Å²) in [5.41, 5.74) is 2.71. The highest BCUT2D eigenvalue weighted by atomic mass is 19.4. The van der Waals surface area contributed by atoms with Gasteiger partial charge in [-0.15, -0.1) is 0 Å². The van der Waals surface area contributed by atoms with Crippen molar-refractivity contribution >= 4 is 16.7 Å². The van der Waals surface area contributed by atoms with Crippen molar-refractivity contribution in [1.29, 1.82) is 0 Å². The zero-order valence-electron chi connectivity index (χ0n) is 15.9. The van der Waals surface area contributed by atoms with E-state index in [0.717, 1.165) is 35.2 Å². The Labute approximate surface area is 157 Å². The minimum Gasteiger partial charge on any atom is -0.287 e. The van der Waals surface area contributed by atoms with Crippen molar-refractivity contribution in [2.45, 2.75) is 52.3 Å². The van der Waals surface area contributed by atoms with E-state index >= 15 is 0 Å². The molecule has 1 aliphatic heterocycles. The van der Waals surface area contributed by atoms with Gasteiger partial charge >= 0.3 is 6.18 Å². The number of unbranched alkanes of at least 4 members (excludes halogenated alkanes) is 1. The number of hydrogen-bond donors (Lipinski definition) is 1. The summed E-state index contributed by atoms with van der Waals surface area (Å²) in [6.45, 7) is 5.38. The molecule has 2 aromatic carbocycles. The molecule has 1 amide bonds. The molecule has 1 aliphatic rings. The smallest absolute Gasteiger partial charge is 0.287 e. The Morgan fingerprint density at radius 3 is 2.41 bits per heavy atom. The van der Waals surface area contributed by atoms with E-state index in [1.165, 1.54) is 6.07 Å². The second kappa shape index (κ2) is 7.15. The zero-order chi connectivity index (χ0) is 19.8. The standard InChI is InChI=1S/C21H25F3N2O/c1-4-5-8-14-9-6-10-15-11-7-12-16(17(14)15)18(21(22,23)24)26-13-20(2,3)19(27)25-26/h6-7,9-12,18H,4-5,8,13H2,1-3H3,(H,25,27)/t18-/m0/s1. The van der Waals surface area contributed by atoms with Crippen molar-refractivity contribution in [2.24, 2.45) is 5.41 Å². The second-order valence-electron chi connectivity index (χ2n) is 7.86. The highest BCUT2D eigenvalue weighted by Crippen LogP contribution is 2.43. The van der Waals surface area contributed by atoms with Crippen LogP contribution in [0.3, 0.4) is 0 Å². The van der Waals surface area contributed by atoms with Gasteiger partial charge in [0.25, 0.3) is 0 Å². The summed E-state index contributed by atoms with van der Waals surface area (Å²) in [5, 5.41) is 2.49. The maximum Gasteiger partial charge on any atom is 0.409 e. The Morgan fingerprint density at radius 1 is 1.19 bits per heavy atom. The van der Waals surface area contributed by atoms with Gasteiger partial charge in [-0.25, -0.2) is 5.01 Å². The molecule has 2 aromatic rings. The lowest BCUT2D eigenvalue weighted by atomic mass is 9.91. The van der Waals surface area contributed by atoms with Crippen LogP contribution in [-0.4, -0.2) is 23.6 Å². The monoisotopic (exact) mass is 378 g/mol. The fourth-order valence-electron chi connectivity index (χ4n) is 3.75. The highest BCUT2D eigenvalue weighted by molar-refractivity contribution is 5.90. The highest BCUT2D eigenvalue weighted by Gasteiger charge is 2.51. The first-order valence-electron chi connectivity index (χ1n) is 9.30. The molecular formula is C21H25F3N2O. The average molecular weight is 378 g/mol. The number of carbonyl (C=O) groups is 1. The molecule has 0 spiro atoms. The van der Waals surface area contributed by atoms with Crippen LogP contribution in [-0.2, 0) is 11.2 Å². The number of alkyl halides is 3.